The lowest BCUT2D eigenvalue weighted by Crippen LogP contribution is -2.35. The molecule has 0 bridgehead atoms. The molecule has 1 aliphatic heterocycles. The summed E-state index contributed by atoms with van der Waals surface area (Å²) >= 11 is 0. The fourth-order valence-corrected chi connectivity index (χ4v) is 1.59. The van der Waals surface area contributed by atoms with Crippen molar-refractivity contribution in [2.24, 2.45) is 5.92 Å². The number of rotatable bonds is 4. The highest BCUT2D eigenvalue weighted by atomic mass is 16.5. The van der Waals surface area contributed by atoms with Gasteiger partial charge in [-0.2, -0.15) is 0 Å². The summed E-state index contributed by atoms with van der Waals surface area (Å²) in [5.74, 6) is 0.430. The second-order valence-electron chi connectivity index (χ2n) is 3.55. The Morgan fingerprint density at radius 3 is 3.00 bits per heavy atom. The van der Waals surface area contributed by atoms with Gasteiger partial charge >= 0.3 is 5.97 Å². The molecule has 1 saturated heterocycles. The Hall–Kier alpha value is -1.06. The van der Waals surface area contributed by atoms with Crippen LogP contribution in [0.15, 0.2) is 0 Å². The fraction of sp³-hybridized carbons (Fsp3) is 0.800. The summed E-state index contributed by atoms with van der Waals surface area (Å²) in [6.07, 6.45) is 2.77. The first-order chi connectivity index (χ1) is 6.72. The van der Waals surface area contributed by atoms with Crippen LogP contribution >= 0.6 is 0 Å². The zero-order valence-corrected chi connectivity index (χ0v) is 8.54. The van der Waals surface area contributed by atoms with E-state index in [1.165, 1.54) is 0 Å². The minimum Gasteiger partial charge on any atom is -0.466 e. The van der Waals surface area contributed by atoms with Gasteiger partial charge in [0.2, 0.25) is 5.91 Å². The van der Waals surface area contributed by atoms with Crippen LogP contribution < -0.4 is 5.32 Å². The van der Waals surface area contributed by atoms with Crippen LogP contribution in [-0.2, 0) is 14.3 Å². The molecular formula is C10H17NO3. The van der Waals surface area contributed by atoms with Crippen molar-refractivity contribution >= 4 is 11.9 Å². The molecular weight excluding hydrogens is 182 g/mol. The zero-order valence-electron chi connectivity index (χ0n) is 8.54. The first-order valence-electron chi connectivity index (χ1n) is 5.14. The summed E-state index contributed by atoms with van der Waals surface area (Å²) in [5.41, 5.74) is 0. The fourth-order valence-electron chi connectivity index (χ4n) is 1.59. The quantitative estimate of drug-likeness (QED) is 0.683. The van der Waals surface area contributed by atoms with Gasteiger partial charge < -0.3 is 10.1 Å². The van der Waals surface area contributed by atoms with E-state index in [0.29, 0.717) is 31.9 Å². The summed E-state index contributed by atoms with van der Waals surface area (Å²) in [7, 11) is 0. The standard InChI is InChI=1S/C10H17NO3/c1-2-14-10(13)6-4-8-3-5-9(12)11-7-8/h8H,2-7H2,1H3,(H,11,12)/t8-/m1/s1. The Morgan fingerprint density at radius 1 is 1.64 bits per heavy atom. The van der Waals surface area contributed by atoms with Gasteiger partial charge in [0.05, 0.1) is 6.61 Å². The van der Waals surface area contributed by atoms with Crippen molar-refractivity contribution in [1.29, 1.82) is 0 Å². The number of hydrogen-bond acceptors (Lipinski definition) is 3. The average molecular weight is 199 g/mol. The Morgan fingerprint density at radius 2 is 2.43 bits per heavy atom. The number of ether oxygens (including phenoxy) is 1. The highest BCUT2D eigenvalue weighted by Crippen LogP contribution is 2.16. The molecule has 1 aliphatic rings. The normalized spacial score (nSPS) is 21.5. The molecule has 4 heteroatoms. The summed E-state index contributed by atoms with van der Waals surface area (Å²) in [6, 6.07) is 0. The summed E-state index contributed by atoms with van der Waals surface area (Å²) in [5, 5.41) is 2.80. The van der Waals surface area contributed by atoms with Gasteiger partial charge in [0.25, 0.3) is 0 Å². The van der Waals surface area contributed by atoms with E-state index in [1.54, 1.807) is 6.92 Å². The highest BCUT2D eigenvalue weighted by molar-refractivity contribution is 5.76. The maximum Gasteiger partial charge on any atom is 0.305 e. The molecule has 80 valence electrons. The number of hydrogen-bond donors (Lipinski definition) is 1. The third-order valence-electron chi connectivity index (χ3n) is 2.43. The number of esters is 1. The molecule has 1 heterocycles. The van der Waals surface area contributed by atoms with Gasteiger partial charge in [0.1, 0.15) is 0 Å². The molecule has 0 saturated carbocycles. The molecule has 1 fully saturated rings. The predicted octanol–water partition coefficient (Wildman–Crippen LogP) is 0.856. The second kappa shape index (κ2) is 5.62. The number of piperidine rings is 1. The molecule has 1 N–H and O–H groups in total. The topological polar surface area (TPSA) is 55.4 Å². The van der Waals surface area contributed by atoms with Gasteiger partial charge in [-0.3, -0.25) is 9.59 Å². The molecule has 0 aromatic carbocycles. The lowest BCUT2D eigenvalue weighted by molar-refractivity contribution is -0.143. The van der Waals surface area contributed by atoms with Gasteiger partial charge in [-0.25, -0.2) is 0 Å². The van der Waals surface area contributed by atoms with Crippen molar-refractivity contribution in [3.05, 3.63) is 0 Å². The zero-order chi connectivity index (χ0) is 10.4. The number of carbonyl (C=O) groups is 2. The van der Waals surface area contributed by atoms with Gasteiger partial charge in [-0.1, -0.05) is 0 Å². The molecule has 0 radical (unpaired) electrons. The van der Waals surface area contributed by atoms with Crippen molar-refractivity contribution < 1.29 is 14.3 Å². The van der Waals surface area contributed by atoms with Crippen LogP contribution in [0.1, 0.15) is 32.6 Å². The third-order valence-corrected chi connectivity index (χ3v) is 2.43. The van der Waals surface area contributed by atoms with E-state index in [2.05, 4.69) is 5.32 Å². The Kier molecular flexibility index (Phi) is 4.43. The number of amides is 1. The Bertz CT molecular complexity index is 205. The molecule has 0 unspecified atom stereocenters. The number of carbonyl (C=O) groups excluding carboxylic acids is 2. The maximum atomic E-state index is 11.0. The molecule has 0 aliphatic carbocycles. The molecule has 1 atom stereocenters. The molecule has 4 nitrogen and oxygen atoms in total. The highest BCUT2D eigenvalue weighted by Gasteiger charge is 2.18. The van der Waals surface area contributed by atoms with Gasteiger partial charge in [0.15, 0.2) is 0 Å². The summed E-state index contributed by atoms with van der Waals surface area (Å²) in [6.45, 7) is 2.96. The van der Waals surface area contributed by atoms with Crippen molar-refractivity contribution in [2.75, 3.05) is 13.2 Å². The van der Waals surface area contributed by atoms with Crippen LogP contribution in [-0.4, -0.2) is 25.0 Å². The molecule has 1 rings (SSSR count). The smallest absolute Gasteiger partial charge is 0.305 e. The van der Waals surface area contributed by atoms with E-state index in [9.17, 15) is 9.59 Å². The Balaban J connectivity index is 2.12. The monoisotopic (exact) mass is 199 g/mol. The molecule has 0 aromatic heterocycles. The molecule has 1 amide bonds. The maximum absolute atomic E-state index is 11.0. The largest absolute Gasteiger partial charge is 0.466 e. The minimum atomic E-state index is -0.135. The van der Waals surface area contributed by atoms with E-state index >= 15 is 0 Å². The predicted molar refractivity (Wildman–Crippen MR) is 51.6 cm³/mol. The van der Waals surface area contributed by atoms with E-state index in [-0.39, 0.29) is 11.9 Å². The first-order valence-corrected chi connectivity index (χ1v) is 5.14. The van der Waals surface area contributed by atoms with Crippen LogP contribution in [0.3, 0.4) is 0 Å². The molecule has 14 heavy (non-hydrogen) atoms. The van der Waals surface area contributed by atoms with E-state index in [4.69, 9.17) is 4.74 Å². The second-order valence-corrected chi connectivity index (χ2v) is 3.55. The average Bonchev–Trinajstić information content (AvgIpc) is 2.17. The van der Waals surface area contributed by atoms with E-state index in [0.717, 1.165) is 12.8 Å². The SMILES string of the molecule is CCOC(=O)CC[C@H]1CCC(=O)NC1. The van der Waals surface area contributed by atoms with Crippen molar-refractivity contribution in [2.45, 2.75) is 32.6 Å². The van der Waals surface area contributed by atoms with Crippen LogP contribution in [0.4, 0.5) is 0 Å². The van der Waals surface area contributed by atoms with Crippen LogP contribution in [0.2, 0.25) is 0 Å². The lowest BCUT2D eigenvalue weighted by Gasteiger charge is -2.21. The molecule has 0 spiro atoms. The Labute approximate surface area is 84.0 Å². The van der Waals surface area contributed by atoms with Gasteiger partial charge in [-0.05, 0) is 25.7 Å². The van der Waals surface area contributed by atoms with Crippen molar-refractivity contribution in [3.63, 3.8) is 0 Å². The third kappa shape index (κ3) is 3.77. The van der Waals surface area contributed by atoms with Crippen LogP contribution in [0, 0.1) is 5.92 Å². The summed E-state index contributed by atoms with van der Waals surface area (Å²) in [4.78, 5) is 21.9. The van der Waals surface area contributed by atoms with Crippen molar-refractivity contribution in [3.8, 4) is 0 Å². The first kappa shape index (κ1) is 11.0. The number of nitrogens with one attached hydrogen (secondary N) is 1. The van der Waals surface area contributed by atoms with Crippen LogP contribution in [0.5, 0.6) is 0 Å². The van der Waals surface area contributed by atoms with Gasteiger partial charge in [-0.15, -0.1) is 0 Å². The lowest BCUT2D eigenvalue weighted by atomic mass is 9.94. The van der Waals surface area contributed by atoms with Crippen LogP contribution in [0.25, 0.3) is 0 Å². The van der Waals surface area contributed by atoms with Gasteiger partial charge in [0, 0.05) is 19.4 Å². The summed E-state index contributed by atoms with van der Waals surface area (Å²) < 4.78 is 4.83. The van der Waals surface area contributed by atoms with E-state index < -0.39 is 0 Å². The van der Waals surface area contributed by atoms with Crippen molar-refractivity contribution in [1.82, 2.24) is 5.32 Å². The van der Waals surface area contributed by atoms with E-state index in [1.807, 2.05) is 0 Å². The minimum absolute atomic E-state index is 0.123. The molecule has 0 aromatic rings.